The molecule has 5 nitrogen and oxygen atoms in total. The van der Waals surface area contributed by atoms with Crippen molar-refractivity contribution in [3.8, 4) is 0 Å². The average molecular weight is 343 g/mol. The lowest BCUT2D eigenvalue weighted by Gasteiger charge is -2.43. The molecule has 0 heterocycles. The van der Waals surface area contributed by atoms with Gasteiger partial charge in [0.1, 0.15) is 0 Å². The van der Waals surface area contributed by atoms with Gasteiger partial charge in [0.15, 0.2) is 0 Å². The number of anilines is 1. The normalized spacial score (nSPS) is 28.2. The number of nitrogens with one attached hydrogen (secondary N) is 2. The maximum absolute atomic E-state index is 12.5. The lowest BCUT2D eigenvalue weighted by atomic mass is 9.65. The van der Waals surface area contributed by atoms with Crippen LogP contribution < -0.4 is 16.4 Å². The smallest absolute Gasteiger partial charge is 0.223 e. The Hall–Kier alpha value is -1.88. The van der Waals surface area contributed by atoms with Crippen molar-refractivity contribution in [2.75, 3.05) is 11.9 Å². The van der Waals surface area contributed by atoms with Crippen LogP contribution in [-0.4, -0.2) is 24.4 Å². The van der Waals surface area contributed by atoms with Crippen LogP contribution >= 0.6 is 0 Å². The molecule has 4 N–H and O–H groups in total. The van der Waals surface area contributed by atoms with Crippen LogP contribution in [0, 0.1) is 17.8 Å². The third-order valence-corrected chi connectivity index (χ3v) is 5.77. The number of hydrogen-bond acceptors (Lipinski definition) is 3. The van der Waals surface area contributed by atoms with Gasteiger partial charge in [-0.1, -0.05) is 18.6 Å². The van der Waals surface area contributed by atoms with E-state index in [0.717, 1.165) is 30.5 Å². The van der Waals surface area contributed by atoms with Gasteiger partial charge >= 0.3 is 0 Å². The van der Waals surface area contributed by atoms with E-state index in [1.807, 2.05) is 24.3 Å². The van der Waals surface area contributed by atoms with E-state index in [9.17, 15) is 9.59 Å². The minimum absolute atomic E-state index is 0.0722. The van der Waals surface area contributed by atoms with E-state index in [2.05, 4.69) is 10.6 Å². The number of benzene rings is 1. The molecule has 0 aliphatic heterocycles. The molecule has 2 atom stereocenters. The van der Waals surface area contributed by atoms with Gasteiger partial charge in [0, 0.05) is 31.1 Å². The minimum atomic E-state index is -0.0722. The van der Waals surface area contributed by atoms with E-state index in [1.165, 1.54) is 26.2 Å². The first-order chi connectivity index (χ1) is 12.0. The number of carbonyl (C=O) groups excluding carboxylic acids is 2. The van der Waals surface area contributed by atoms with Crippen molar-refractivity contribution >= 4 is 17.5 Å². The maximum Gasteiger partial charge on any atom is 0.223 e. The summed E-state index contributed by atoms with van der Waals surface area (Å²) in [5, 5.41) is 5.86. The van der Waals surface area contributed by atoms with Gasteiger partial charge in [-0.25, -0.2) is 0 Å². The predicted molar refractivity (Wildman–Crippen MR) is 99.0 cm³/mol. The first-order valence-electron chi connectivity index (χ1n) is 9.42. The van der Waals surface area contributed by atoms with Crippen LogP contribution in [0.5, 0.6) is 0 Å². The number of carbonyl (C=O) groups is 2. The Kier molecular flexibility index (Phi) is 5.74. The molecular formula is C20H29N3O2. The monoisotopic (exact) mass is 343 g/mol. The van der Waals surface area contributed by atoms with Gasteiger partial charge in [-0.15, -0.1) is 0 Å². The predicted octanol–water partition coefficient (Wildman–Crippen LogP) is 2.46. The highest BCUT2D eigenvalue weighted by atomic mass is 16.2. The van der Waals surface area contributed by atoms with Gasteiger partial charge in [0.25, 0.3) is 0 Å². The Morgan fingerprint density at radius 1 is 1.12 bits per heavy atom. The van der Waals surface area contributed by atoms with E-state index in [-0.39, 0.29) is 17.7 Å². The van der Waals surface area contributed by atoms with Crippen molar-refractivity contribution in [3.63, 3.8) is 0 Å². The maximum atomic E-state index is 12.5. The molecule has 2 unspecified atom stereocenters. The number of hydrogen-bond donors (Lipinski definition) is 3. The molecule has 0 radical (unpaired) electrons. The van der Waals surface area contributed by atoms with Crippen molar-refractivity contribution in [2.24, 2.45) is 23.5 Å². The summed E-state index contributed by atoms with van der Waals surface area (Å²) in [5.41, 5.74) is 8.25. The van der Waals surface area contributed by atoms with Gasteiger partial charge < -0.3 is 16.4 Å². The molecule has 2 amide bonds. The van der Waals surface area contributed by atoms with Crippen molar-refractivity contribution in [1.82, 2.24) is 5.32 Å². The van der Waals surface area contributed by atoms with Crippen molar-refractivity contribution < 1.29 is 9.59 Å². The summed E-state index contributed by atoms with van der Waals surface area (Å²) in [6.45, 7) is 2.14. The van der Waals surface area contributed by atoms with Crippen LogP contribution in [-0.2, 0) is 16.0 Å². The van der Waals surface area contributed by atoms with Crippen LogP contribution in [0.2, 0.25) is 0 Å². The Morgan fingerprint density at radius 2 is 1.76 bits per heavy atom. The first-order valence-corrected chi connectivity index (χ1v) is 9.42. The zero-order valence-electron chi connectivity index (χ0n) is 15.0. The van der Waals surface area contributed by atoms with Gasteiger partial charge in [0.05, 0.1) is 0 Å². The Bertz CT molecular complexity index is 600. The lowest BCUT2D eigenvalue weighted by molar-refractivity contribution is -0.127. The molecule has 1 aromatic carbocycles. The summed E-state index contributed by atoms with van der Waals surface area (Å²) in [6.07, 6.45) is 6.34. The van der Waals surface area contributed by atoms with Crippen LogP contribution in [0.1, 0.15) is 44.6 Å². The van der Waals surface area contributed by atoms with E-state index in [4.69, 9.17) is 5.73 Å². The fourth-order valence-corrected chi connectivity index (χ4v) is 4.44. The van der Waals surface area contributed by atoms with Crippen LogP contribution in [0.3, 0.4) is 0 Å². The van der Waals surface area contributed by atoms with Crippen molar-refractivity contribution in [1.29, 1.82) is 0 Å². The molecule has 2 aliphatic carbocycles. The van der Waals surface area contributed by atoms with Crippen LogP contribution in [0.25, 0.3) is 0 Å². The van der Waals surface area contributed by atoms with Gasteiger partial charge in [-0.05, 0) is 61.6 Å². The fourth-order valence-electron chi connectivity index (χ4n) is 4.44. The highest BCUT2D eigenvalue weighted by Crippen LogP contribution is 2.41. The zero-order chi connectivity index (χ0) is 17.8. The standard InChI is InChI=1S/C20H29N3O2/c1-13(24)23-18-7-5-14(6-8-18)9-10-22-20(25)17-11-15-3-2-4-16(12-17)19(15)21/h5-8,15-17,19H,2-4,9-12,21H2,1H3,(H,22,25)(H,23,24). The zero-order valence-corrected chi connectivity index (χ0v) is 15.0. The largest absolute Gasteiger partial charge is 0.356 e. The summed E-state index contributed by atoms with van der Waals surface area (Å²) < 4.78 is 0. The van der Waals surface area contributed by atoms with Crippen LogP contribution in [0.4, 0.5) is 5.69 Å². The molecule has 1 aromatic rings. The number of rotatable bonds is 5. The van der Waals surface area contributed by atoms with E-state index < -0.39 is 0 Å². The molecule has 25 heavy (non-hydrogen) atoms. The SMILES string of the molecule is CC(=O)Nc1ccc(CCNC(=O)C2CC3CCCC(C2)C3N)cc1. The summed E-state index contributed by atoms with van der Waals surface area (Å²) in [5.74, 6) is 1.32. The second-order valence-electron chi connectivity index (χ2n) is 7.62. The summed E-state index contributed by atoms with van der Waals surface area (Å²) in [6, 6.07) is 8.06. The Morgan fingerprint density at radius 3 is 2.36 bits per heavy atom. The number of nitrogens with two attached hydrogens (primary N) is 1. The van der Waals surface area contributed by atoms with E-state index in [1.54, 1.807) is 0 Å². The second kappa shape index (κ2) is 8.00. The number of fused-ring (bicyclic) bond motifs is 2. The highest BCUT2D eigenvalue weighted by Gasteiger charge is 2.40. The molecular weight excluding hydrogens is 314 g/mol. The molecule has 2 aliphatic rings. The Labute approximate surface area is 149 Å². The molecule has 2 bridgehead atoms. The molecule has 0 spiro atoms. The third kappa shape index (κ3) is 4.60. The minimum Gasteiger partial charge on any atom is -0.356 e. The average Bonchev–Trinajstić information content (AvgIpc) is 2.55. The first kappa shape index (κ1) is 17.9. The van der Waals surface area contributed by atoms with Gasteiger partial charge in [0.2, 0.25) is 11.8 Å². The van der Waals surface area contributed by atoms with Gasteiger partial charge in [-0.3, -0.25) is 9.59 Å². The molecule has 136 valence electrons. The summed E-state index contributed by atoms with van der Waals surface area (Å²) in [4.78, 5) is 23.5. The quantitative estimate of drug-likeness (QED) is 0.768. The summed E-state index contributed by atoms with van der Waals surface area (Å²) >= 11 is 0. The topological polar surface area (TPSA) is 84.2 Å². The highest BCUT2D eigenvalue weighted by molar-refractivity contribution is 5.88. The molecule has 0 saturated heterocycles. The van der Waals surface area contributed by atoms with Crippen LogP contribution in [0.15, 0.2) is 24.3 Å². The van der Waals surface area contributed by atoms with Crippen molar-refractivity contribution in [3.05, 3.63) is 29.8 Å². The second-order valence-corrected chi connectivity index (χ2v) is 7.62. The number of amides is 2. The Balaban J connectivity index is 1.44. The third-order valence-electron chi connectivity index (χ3n) is 5.77. The van der Waals surface area contributed by atoms with Crippen molar-refractivity contribution in [2.45, 2.75) is 51.5 Å². The van der Waals surface area contributed by atoms with E-state index in [0.29, 0.717) is 24.4 Å². The molecule has 2 fully saturated rings. The summed E-state index contributed by atoms with van der Waals surface area (Å²) in [7, 11) is 0. The lowest BCUT2D eigenvalue weighted by Crippen LogP contribution is -2.49. The fraction of sp³-hybridized carbons (Fsp3) is 0.600. The molecule has 0 aromatic heterocycles. The molecule has 2 saturated carbocycles. The van der Waals surface area contributed by atoms with Gasteiger partial charge in [-0.2, -0.15) is 0 Å². The molecule has 5 heteroatoms. The molecule has 3 rings (SSSR count). The van der Waals surface area contributed by atoms with E-state index >= 15 is 0 Å².